The van der Waals surface area contributed by atoms with Gasteiger partial charge in [0.15, 0.2) is 0 Å². The molecule has 0 bridgehead atoms. The lowest BCUT2D eigenvalue weighted by Gasteiger charge is -2.36. The molecule has 2 heterocycles. The Morgan fingerprint density at radius 1 is 1.18 bits per heavy atom. The average Bonchev–Trinajstić information content (AvgIpc) is 2.68. The van der Waals surface area contributed by atoms with E-state index in [4.69, 9.17) is 4.74 Å². The summed E-state index contributed by atoms with van der Waals surface area (Å²) in [5.74, 6) is 0.301. The normalized spacial score (nSPS) is 14.9. The van der Waals surface area contributed by atoms with Crippen molar-refractivity contribution in [2.75, 3.05) is 31.1 Å². The predicted octanol–water partition coefficient (Wildman–Crippen LogP) is 2.88. The highest BCUT2D eigenvalue weighted by atomic mass is 16.6. The second kappa shape index (κ2) is 8.79. The molecule has 0 unspecified atom stereocenters. The minimum absolute atomic E-state index is 0.101. The van der Waals surface area contributed by atoms with Crippen molar-refractivity contribution in [1.29, 1.82) is 0 Å². The number of carbonyl (C=O) groups excluding carboxylic acids is 1. The predicted molar refractivity (Wildman–Crippen MR) is 105 cm³/mol. The molecular weight excluding hydrogens is 360 g/mol. The van der Waals surface area contributed by atoms with E-state index in [1.54, 1.807) is 30.5 Å². The topological polar surface area (TPSA) is 88.8 Å². The van der Waals surface area contributed by atoms with E-state index in [-0.39, 0.29) is 17.8 Å². The molecule has 0 amide bonds. The summed E-state index contributed by atoms with van der Waals surface area (Å²) < 4.78 is 5.33. The van der Waals surface area contributed by atoms with Gasteiger partial charge >= 0.3 is 5.97 Å². The molecule has 1 aromatic heterocycles. The van der Waals surface area contributed by atoms with E-state index in [9.17, 15) is 14.9 Å². The standard InChI is InChI=1S/C20H24N4O4/c1-15(2)28-20(25)18-4-3-9-21-19(18)23-12-10-22(11-13-23)14-16-5-7-17(8-6-16)24(26)27/h3-9,15H,10-14H2,1-2H3. The maximum Gasteiger partial charge on any atom is 0.342 e. The van der Waals surface area contributed by atoms with Crippen LogP contribution in [-0.2, 0) is 11.3 Å². The quantitative estimate of drug-likeness (QED) is 0.430. The fourth-order valence-electron chi connectivity index (χ4n) is 3.18. The van der Waals surface area contributed by atoms with Gasteiger partial charge in [0.1, 0.15) is 11.4 Å². The third kappa shape index (κ3) is 4.83. The molecule has 0 aliphatic carbocycles. The molecule has 0 spiro atoms. The van der Waals surface area contributed by atoms with Crippen molar-refractivity contribution in [3.63, 3.8) is 0 Å². The zero-order valence-electron chi connectivity index (χ0n) is 16.1. The molecule has 3 rings (SSSR count). The number of carbonyl (C=O) groups is 1. The summed E-state index contributed by atoms with van der Waals surface area (Å²) in [5.41, 5.74) is 1.63. The van der Waals surface area contributed by atoms with Gasteiger partial charge in [-0.3, -0.25) is 15.0 Å². The third-order valence-electron chi connectivity index (χ3n) is 4.57. The Labute approximate surface area is 163 Å². The summed E-state index contributed by atoms with van der Waals surface area (Å²) >= 11 is 0. The van der Waals surface area contributed by atoms with Crippen LogP contribution in [0, 0.1) is 10.1 Å². The Morgan fingerprint density at radius 2 is 1.86 bits per heavy atom. The van der Waals surface area contributed by atoms with Crippen molar-refractivity contribution in [2.45, 2.75) is 26.5 Å². The van der Waals surface area contributed by atoms with Crippen molar-refractivity contribution in [3.05, 3.63) is 63.8 Å². The van der Waals surface area contributed by atoms with E-state index in [2.05, 4.69) is 14.8 Å². The van der Waals surface area contributed by atoms with Gasteiger partial charge < -0.3 is 9.64 Å². The maximum atomic E-state index is 12.4. The Balaban J connectivity index is 1.61. The van der Waals surface area contributed by atoms with E-state index in [0.717, 1.165) is 38.3 Å². The smallest absolute Gasteiger partial charge is 0.342 e. The Morgan fingerprint density at radius 3 is 2.46 bits per heavy atom. The monoisotopic (exact) mass is 384 g/mol. The number of anilines is 1. The number of esters is 1. The van der Waals surface area contributed by atoms with Crippen LogP contribution in [0.2, 0.25) is 0 Å². The molecule has 1 saturated heterocycles. The fourth-order valence-corrected chi connectivity index (χ4v) is 3.18. The van der Waals surface area contributed by atoms with Gasteiger partial charge in [0.2, 0.25) is 0 Å². The van der Waals surface area contributed by atoms with E-state index in [0.29, 0.717) is 11.4 Å². The van der Waals surface area contributed by atoms with Crippen molar-refractivity contribution in [2.24, 2.45) is 0 Å². The van der Waals surface area contributed by atoms with E-state index in [1.165, 1.54) is 12.1 Å². The van der Waals surface area contributed by atoms with Gasteiger partial charge in [0.05, 0.1) is 11.0 Å². The molecule has 8 heteroatoms. The number of hydrogen-bond acceptors (Lipinski definition) is 7. The molecule has 0 saturated carbocycles. The van der Waals surface area contributed by atoms with Crippen LogP contribution < -0.4 is 4.90 Å². The number of ether oxygens (including phenoxy) is 1. The minimum atomic E-state index is -0.392. The summed E-state index contributed by atoms with van der Waals surface area (Å²) in [4.78, 5) is 31.5. The summed E-state index contributed by atoms with van der Waals surface area (Å²) in [6.07, 6.45) is 1.50. The van der Waals surface area contributed by atoms with Crippen molar-refractivity contribution in [3.8, 4) is 0 Å². The molecule has 2 aromatic rings. The highest BCUT2D eigenvalue weighted by Crippen LogP contribution is 2.21. The number of aromatic nitrogens is 1. The molecule has 148 valence electrons. The summed E-state index contributed by atoms with van der Waals surface area (Å²) in [5, 5.41) is 10.8. The van der Waals surface area contributed by atoms with E-state index < -0.39 is 4.92 Å². The van der Waals surface area contributed by atoms with Gasteiger partial charge in [-0.05, 0) is 31.5 Å². The molecule has 1 aromatic carbocycles. The highest BCUT2D eigenvalue weighted by molar-refractivity contribution is 5.94. The van der Waals surface area contributed by atoms with Crippen molar-refractivity contribution >= 4 is 17.5 Å². The summed E-state index contributed by atoms with van der Waals surface area (Å²) in [7, 11) is 0. The highest BCUT2D eigenvalue weighted by Gasteiger charge is 2.23. The molecule has 1 aliphatic heterocycles. The first-order chi connectivity index (χ1) is 13.4. The van der Waals surface area contributed by atoms with Gasteiger partial charge in [-0.15, -0.1) is 0 Å². The second-order valence-corrected chi connectivity index (χ2v) is 7.02. The molecule has 0 atom stereocenters. The number of benzene rings is 1. The first kappa shape index (κ1) is 19.8. The van der Waals surface area contributed by atoms with Gasteiger partial charge in [-0.2, -0.15) is 0 Å². The van der Waals surface area contributed by atoms with Gasteiger partial charge in [-0.1, -0.05) is 12.1 Å². The first-order valence-electron chi connectivity index (χ1n) is 9.30. The minimum Gasteiger partial charge on any atom is -0.459 e. The lowest BCUT2D eigenvalue weighted by Crippen LogP contribution is -2.46. The number of rotatable bonds is 6. The van der Waals surface area contributed by atoms with Crippen LogP contribution in [0.1, 0.15) is 29.8 Å². The van der Waals surface area contributed by atoms with Crippen LogP contribution in [0.5, 0.6) is 0 Å². The third-order valence-corrected chi connectivity index (χ3v) is 4.57. The maximum absolute atomic E-state index is 12.4. The lowest BCUT2D eigenvalue weighted by molar-refractivity contribution is -0.384. The van der Waals surface area contributed by atoms with Gasteiger partial charge in [0, 0.05) is 51.1 Å². The number of hydrogen-bond donors (Lipinski definition) is 0. The van der Waals surface area contributed by atoms with E-state index in [1.807, 2.05) is 13.8 Å². The zero-order valence-corrected chi connectivity index (χ0v) is 16.1. The summed E-state index contributed by atoms with van der Waals surface area (Å²) in [6.45, 7) is 7.49. The van der Waals surface area contributed by atoms with Crippen LogP contribution in [0.4, 0.5) is 11.5 Å². The Bertz CT molecular complexity index is 830. The van der Waals surface area contributed by atoms with Crippen LogP contribution in [0.25, 0.3) is 0 Å². The molecule has 0 radical (unpaired) electrons. The van der Waals surface area contributed by atoms with E-state index >= 15 is 0 Å². The number of nitrogens with zero attached hydrogens (tertiary/aromatic N) is 4. The van der Waals surface area contributed by atoms with Gasteiger partial charge in [-0.25, -0.2) is 9.78 Å². The Kier molecular flexibility index (Phi) is 6.20. The SMILES string of the molecule is CC(C)OC(=O)c1cccnc1N1CCN(Cc2ccc([N+](=O)[O-])cc2)CC1. The average molecular weight is 384 g/mol. The van der Waals surface area contributed by atoms with Crippen LogP contribution in [0.15, 0.2) is 42.6 Å². The van der Waals surface area contributed by atoms with Crippen LogP contribution in [-0.4, -0.2) is 53.1 Å². The number of pyridine rings is 1. The number of piperazine rings is 1. The zero-order chi connectivity index (χ0) is 20.1. The van der Waals surface area contributed by atoms with Gasteiger partial charge in [0.25, 0.3) is 5.69 Å². The van der Waals surface area contributed by atoms with Crippen LogP contribution >= 0.6 is 0 Å². The van der Waals surface area contributed by atoms with Crippen LogP contribution in [0.3, 0.4) is 0 Å². The molecular formula is C20H24N4O4. The lowest BCUT2D eigenvalue weighted by atomic mass is 10.1. The largest absolute Gasteiger partial charge is 0.459 e. The van der Waals surface area contributed by atoms with Crippen molar-refractivity contribution in [1.82, 2.24) is 9.88 Å². The molecule has 28 heavy (non-hydrogen) atoms. The van der Waals surface area contributed by atoms with Crippen molar-refractivity contribution < 1.29 is 14.5 Å². The Hall–Kier alpha value is -3.00. The number of nitro benzene ring substituents is 1. The fraction of sp³-hybridized carbons (Fsp3) is 0.400. The number of nitro groups is 1. The first-order valence-corrected chi connectivity index (χ1v) is 9.30. The number of non-ortho nitro benzene ring substituents is 1. The summed E-state index contributed by atoms with van der Waals surface area (Å²) in [6, 6.07) is 10.1. The molecule has 1 fully saturated rings. The molecule has 0 N–H and O–H groups in total. The second-order valence-electron chi connectivity index (χ2n) is 7.02. The molecule has 1 aliphatic rings. The molecule has 8 nitrogen and oxygen atoms in total.